The van der Waals surface area contributed by atoms with Crippen molar-refractivity contribution >= 4 is 5.78 Å². The number of carbonyl (C=O) groups excluding carboxylic acids is 1. The number of allylic oxidation sites excluding steroid dienone is 1. The molecule has 0 radical (unpaired) electrons. The fraction of sp³-hybridized carbons (Fsp3) is 0.812. The highest BCUT2D eigenvalue weighted by molar-refractivity contribution is 5.86. The number of carbonyl (C=O) groups is 1. The van der Waals surface area contributed by atoms with E-state index in [1.807, 2.05) is 58.7 Å². The second kappa shape index (κ2) is 8.49. The number of hydrogen-bond donors (Lipinski definition) is 1. The number of likely N-dealkylation sites (N-methyl/N-ethyl adjacent to an activating group) is 1. The van der Waals surface area contributed by atoms with Crippen LogP contribution in [0.4, 0.5) is 0 Å². The van der Waals surface area contributed by atoms with Crippen LogP contribution in [-0.4, -0.2) is 41.0 Å². The lowest BCUT2D eigenvalue weighted by molar-refractivity contribution is -0.132. The highest BCUT2D eigenvalue weighted by Gasteiger charge is 2.35. The second-order valence-corrected chi connectivity index (χ2v) is 5.95. The molecule has 0 saturated heterocycles. The van der Waals surface area contributed by atoms with Crippen molar-refractivity contribution in [2.24, 2.45) is 11.8 Å². The minimum absolute atomic E-state index is 0.0196. The van der Waals surface area contributed by atoms with Gasteiger partial charge in [-0.15, -0.1) is 0 Å². The Labute approximate surface area is 118 Å². The van der Waals surface area contributed by atoms with E-state index >= 15 is 0 Å². The van der Waals surface area contributed by atoms with Gasteiger partial charge in [-0.05, 0) is 27.3 Å². The summed E-state index contributed by atoms with van der Waals surface area (Å²) in [4.78, 5) is 14.4. The molecule has 0 unspecified atom stereocenters. The quantitative estimate of drug-likeness (QED) is 0.689. The van der Waals surface area contributed by atoms with Gasteiger partial charge in [0.05, 0.1) is 12.1 Å². The molecular formula is C16H31NO2. The zero-order valence-corrected chi connectivity index (χ0v) is 13.6. The summed E-state index contributed by atoms with van der Waals surface area (Å²) < 4.78 is 0. The average Bonchev–Trinajstić information content (AvgIpc) is 2.35. The van der Waals surface area contributed by atoms with Crippen molar-refractivity contribution in [2.75, 3.05) is 7.05 Å². The molecule has 0 aliphatic rings. The lowest BCUT2D eigenvalue weighted by atomic mass is 9.88. The van der Waals surface area contributed by atoms with Crippen LogP contribution in [0.15, 0.2) is 12.2 Å². The number of Topliss-reactive ketones (excluding diaryl/α,β-unsaturated/α-hetero) is 1. The largest absolute Gasteiger partial charge is 0.390 e. The normalized spacial score (nSPS) is 17.4. The van der Waals surface area contributed by atoms with Crippen LogP contribution in [0.25, 0.3) is 0 Å². The molecule has 0 aliphatic heterocycles. The predicted octanol–water partition coefficient (Wildman–Crippen LogP) is 2.88. The Morgan fingerprint density at radius 3 is 2.11 bits per heavy atom. The van der Waals surface area contributed by atoms with Crippen molar-refractivity contribution < 1.29 is 9.90 Å². The van der Waals surface area contributed by atoms with Gasteiger partial charge in [0, 0.05) is 17.9 Å². The van der Waals surface area contributed by atoms with E-state index in [1.165, 1.54) is 0 Å². The molecule has 3 heteroatoms. The first-order valence-corrected chi connectivity index (χ1v) is 7.34. The van der Waals surface area contributed by atoms with Gasteiger partial charge >= 0.3 is 0 Å². The smallest absolute Gasteiger partial charge is 0.155 e. The monoisotopic (exact) mass is 269 g/mol. The molecule has 0 aliphatic carbocycles. The van der Waals surface area contributed by atoms with Gasteiger partial charge in [0.25, 0.3) is 0 Å². The molecule has 0 fully saturated rings. The van der Waals surface area contributed by atoms with Crippen molar-refractivity contribution in [3.05, 3.63) is 12.2 Å². The predicted molar refractivity (Wildman–Crippen MR) is 81.1 cm³/mol. The fourth-order valence-corrected chi connectivity index (χ4v) is 2.02. The lowest BCUT2D eigenvalue weighted by Crippen LogP contribution is -2.53. The molecule has 0 aromatic rings. The van der Waals surface area contributed by atoms with E-state index in [-0.39, 0.29) is 23.7 Å². The van der Waals surface area contributed by atoms with Crippen LogP contribution in [0.3, 0.4) is 0 Å². The Morgan fingerprint density at radius 1 is 1.21 bits per heavy atom. The molecule has 0 rings (SSSR count). The third kappa shape index (κ3) is 5.45. The van der Waals surface area contributed by atoms with E-state index in [4.69, 9.17) is 0 Å². The van der Waals surface area contributed by atoms with Crippen molar-refractivity contribution in [3.63, 3.8) is 0 Å². The summed E-state index contributed by atoms with van der Waals surface area (Å²) in [5.41, 5.74) is 0. The van der Waals surface area contributed by atoms with Crippen molar-refractivity contribution in [1.29, 1.82) is 0 Å². The van der Waals surface area contributed by atoms with Crippen LogP contribution >= 0.6 is 0 Å². The van der Waals surface area contributed by atoms with Gasteiger partial charge in [-0.3, -0.25) is 9.69 Å². The summed E-state index contributed by atoms with van der Waals surface area (Å²) in [7, 11) is 1.91. The van der Waals surface area contributed by atoms with E-state index in [0.29, 0.717) is 0 Å². The molecule has 1 N–H and O–H groups in total. The highest BCUT2D eigenvalue weighted by atomic mass is 16.3. The number of rotatable bonds is 8. The van der Waals surface area contributed by atoms with Crippen LogP contribution < -0.4 is 0 Å². The zero-order valence-electron chi connectivity index (χ0n) is 13.6. The van der Waals surface area contributed by atoms with Gasteiger partial charge in [0.15, 0.2) is 5.78 Å². The van der Waals surface area contributed by atoms with Gasteiger partial charge < -0.3 is 5.11 Å². The first kappa shape index (κ1) is 18.3. The Hall–Kier alpha value is -0.670. The number of aliphatic hydroxyl groups is 1. The summed E-state index contributed by atoms with van der Waals surface area (Å²) in [5, 5.41) is 10.5. The van der Waals surface area contributed by atoms with E-state index in [1.54, 1.807) is 0 Å². The second-order valence-electron chi connectivity index (χ2n) is 5.95. The molecule has 0 amide bonds. The number of hydrogen-bond acceptors (Lipinski definition) is 3. The van der Waals surface area contributed by atoms with Crippen LogP contribution in [0.5, 0.6) is 0 Å². The van der Waals surface area contributed by atoms with E-state index in [0.717, 1.165) is 6.42 Å². The molecule has 19 heavy (non-hydrogen) atoms. The molecule has 0 aromatic carbocycles. The standard InChI is InChI=1S/C16H31NO2/c1-8-9-10-13(6)16(19)14(15(18)11(2)3)17(7)12(4)5/h9-14,16,19H,8H2,1-7H3/b10-9-/t13-,14-,16-/m1/s1. The van der Waals surface area contributed by atoms with Crippen LogP contribution in [0.1, 0.15) is 48.0 Å². The van der Waals surface area contributed by atoms with Gasteiger partial charge in [-0.1, -0.05) is 39.8 Å². The van der Waals surface area contributed by atoms with Crippen molar-refractivity contribution in [3.8, 4) is 0 Å². The Kier molecular flexibility index (Phi) is 8.19. The minimum atomic E-state index is -0.662. The first-order valence-electron chi connectivity index (χ1n) is 7.34. The molecule has 0 heterocycles. The Balaban J connectivity index is 5.12. The lowest BCUT2D eigenvalue weighted by Gasteiger charge is -2.36. The summed E-state index contributed by atoms with van der Waals surface area (Å²) in [5.74, 6) is 0.0255. The maximum absolute atomic E-state index is 12.4. The van der Waals surface area contributed by atoms with Crippen LogP contribution in [-0.2, 0) is 4.79 Å². The molecule has 112 valence electrons. The molecule has 3 nitrogen and oxygen atoms in total. The SMILES string of the molecule is CC/C=C\[C@@H](C)[C@@H](O)[C@@H](C(=O)C(C)C)N(C)C(C)C. The molecular weight excluding hydrogens is 238 g/mol. The molecule has 3 atom stereocenters. The highest BCUT2D eigenvalue weighted by Crippen LogP contribution is 2.19. The summed E-state index contributed by atoms with van der Waals surface area (Å²) in [6.45, 7) is 11.9. The van der Waals surface area contributed by atoms with Gasteiger partial charge in [-0.25, -0.2) is 0 Å². The Bertz CT molecular complexity index is 297. The number of nitrogens with zero attached hydrogens (tertiary/aromatic N) is 1. The van der Waals surface area contributed by atoms with Gasteiger partial charge in [-0.2, -0.15) is 0 Å². The molecule has 0 spiro atoms. The molecule has 0 saturated carbocycles. The van der Waals surface area contributed by atoms with E-state index < -0.39 is 12.1 Å². The van der Waals surface area contributed by atoms with E-state index in [9.17, 15) is 9.90 Å². The van der Waals surface area contributed by atoms with Crippen molar-refractivity contribution in [2.45, 2.75) is 66.2 Å². The molecule has 0 aromatic heterocycles. The zero-order chi connectivity index (χ0) is 15.2. The maximum Gasteiger partial charge on any atom is 0.155 e. The maximum atomic E-state index is 12.4. The van der Waals surface area contributed by atoms with Crippen LogP contribution in [0, 0.1) is 11.8 Å². The number of aliphatic hydroxyl groups excluding tert-OH is 1. The van der Waals surface area contributed by atoms with E-state index in [2.05, 4.69) is 6.92 Å². The average molecular weight is 269 g/mol. The van der Waals surface area contributed by atoms with Crippen molar-refractivity contribution in [1.82, 2.24) is 4.90 Å². The fourth-order valence-electron chi connectivity index (χ4n) is 2.02. The number of ketones is 1. The first-order chi connectivity index (χ1) is 8.73. The summed E-state index contributed by atoms with van der Waals surface area (Å²) in [6.07, 6.45) is 4.32. The Morgan fingerprint density at radius 2 is 1.74 bits per heavy atom. The summed E-state index contributed by atoms with van der Waals surface area (Å²) in [6, 6.07) is -0.207. The minimum Gasteiger partial charge on any atom is -0.390 e. The third-order valence-corrected chi connectivity index (χ3v) is 3.65. The molecule has 0 bridgehead atoms. The topological polar surface area (TPSA) is 40.5 Å². The third-order valence-electron chi connectivity index (χ3n) is 3.65. The van der Waals surface area contributed by atoms with Gasteiger partial charge in [0.2, 0.25) is 0 Å². The van der Waals surface area contributed by atoms with Gasteiger partial charge in [0.1, 0.15) is 0 Å². The van der Waals surface area contributed by atoms with Crippen LogP contribution in [0.2, 0.25) is 0 Å². The summed E-state index contributed by atoms with van der Waals surface area (Å²) >= 11 is 0.